The number of benzene rings is 1. The van der Waals surface area contributed by atoms with E-state index in [1.54, 1.807) is 19.1 Å². The van der Waals surface area contributed by atoms with Gasteiger partial charge in [-0.15, -0.1) is 0 Å². The Bertz CT molecular complexity index is 666. The third-order valence-corrected chi connectivity index (χ3v) is 4.52. The highest BCUT2D eigenvalue weighted by Gasteiger charge is 2.47. The Morgan fingerprint density at radius 2 is 1.82 bits per heavy atom. The monoisotopic (exact) mass is 311 g/mol. The molecule has 2 atom stereocenters. The number of phenols is 1. The van der Waals surface area contributed by atoms with E-state index >= 15 is 0 Å². The third-order valence-electron chi connectivity index (χ3n) is 4.52. The molecule has 2 unspecified atom stereocenters. The maximum Gasteiger partial charge on any atom is 0.471 e. The third kappa shape index (κ3) is 2.26. The van der Waals surface area contributed by atoms with Gasteiger partial charge in [0.1, 0.15) is 5.75 Å². The zero-order chi connectivity index (χ0) is 16.2. The van der Waals surface area contributed by atoms with Crippen molar-refractivity contribution in [3.63, 3.8) is 0 Å². The number of nitrogens with zero attached hydrogens (tertiary/aromatic N) is 1. The van der Waals surface area contributed by atoms with Gasteiger partial charge in [0.15, 0.2) is 0 Å². The molecule has 1 heterocycles. The molecule has 2 bridgehead atoms. The van der Waals surface area contributed by atoms with Gasteiger partial charge in [-0.1, -0.05) is 6.58 Å². The van der Waals surface area contributed by atoms with Crippen LogP contribution >= 0.6 is 0 Å². The highest BCUT2D eigenvalue weighted by Crippen LogP contribution is 2.48. The van der Waals surface area contributed by atoms with E-state index < -0.39 is 12.1 Å². The number of phenolic OH excluding ortho intramolecular Hbond substituents is 1. The van der Waals surface area contributed by atoms with Crippen molar-refractivity contribution in [2.24, 2.45) is 0 Å². The molecule has 1 aromatic carbocycles. The van der Waals surface area contributed by atoms with E-state index in [1.807, 2.05) is 0 Å². The molecule has 0 aromatic heterocycles. The normalized spacial score (nSPS) is 23.4. The Balaban J connectivity index is 1.95. The minimum Gasteiger partial charge on any atom is -0.507 e. The van der Waals surface area contributed by atoms with E-state index in [1.165, 1.54) is 0 Å². The lowest BCUT2D eigenvalue weighted by molar-refractivity contribution is -0.186. The van der Waals surface area contributed by atoms with Crippen LogP contribution in [0.4, 0.5) is 13.2 Å². The van der Waals surface area contributed by atoms with Gasteiger partial charge in [0.25, 0.3) is 0 Å². The smallest absolute Gasteiger partial charge is 0.471 e. The maximum absolute atomic E-state index is 12.6. The fraction of sp³-hybridized carbons (Fsp3) is 0.438. The van der Waals surface area contributed by atoms with E-state index in [4.69, 9.17) is 0 Å². The number of carbonyl (C=O) groups excluding carboxylic acids is 1. The van der Waals surface area contributed by atoms with Crippen LogP contribution in [0.1, 0.15) is 41.9 Å². The quantitative estimate of drug-likeness (QED) is 0.863. The van der Waals surface area contributed by atoms with Gasteiger partial charge in [-0.25, -0.2) is 0 Å². The predicted molar refractivity (Wildman–Crippen MR) is 75.5 cm³/mol. The molecule has 22 heavy (non-hydrogen) atoms. The topological polar surface area (TPSA) is 40.5 Å². The first-order chi connectivity index (χ1) is 10.2. The molecule has 0 radical (unpaired) electrons. The zero-order valence-electron chi connectivity index (χ0n) is 12.1. The Kier molecular flexibility index (Phi) is 3.23. The van der Waals surface area contributed by atoms with E-state index in [-0.39, 0.29) is 30.7 Å². The van der Waals surface area contributed by atoms with Crippen molar-refractivity contribution in [3.8, 4) is 5.75 Å². The van der Waals surface area contributed by atoms with Gasteiger partial charge in [0.2, 0.25) is 0 Å². The molecule has 1 fully saturated rings. The van der Waals surface area contributed by atoms with Crippen LogP contribution in [-0.2, 0) is 4.79 Å². The molecule has 1 N–H and O–H groups in total. The summed E-state index contributed by atoms with van der Waals surface area (Å²) in [5.74, 6) is -1.95. The van der Waals surface area contributed by atoms with Crippen molar-refractivity contribution in [2.75, 3.05) is 13.1 Å². The molecule has 3 rings (SSSR count). The molecule has 3 nitrogen and oxygen atoms in total. The van der Waals surface area contributed by atoms with Gasteiger partial charge in [-0.05, 0) is 42.2 Å². The lowest BCUT2D eigenvalue weighted by atomic mass is 9.95. The lowest BCUT2D eigenvalue weighted by Crippen LogP contribution is -2.46. The Labute approximate surface area is 126 Å². The van der Waals surface area contributed by atoms with Crippen molar-refractivity contribution < 1.29 is 23.1 Å². The predicted octanol–water partition coefficient (Wildman–Crippen LogP) is 3.40. The van der Waals surface area contributed by atoms with Gasteiger partial charge >= 0.3 is 12.1 Å². The first-order valence-corrected chi connectivity index (χ1v) is 7.07. The summed E-state index contributed by atoms with van der Waals surface area (Å²) in [6.45, 7) is 5.69. The van der Waals surface area contributed by atoms with E-state index in [0.29, 0.717) is 11.1 Å². The number of fused-ring (bicyclic) bond motifs is 5. The maximum atomic E-state index is 12.6. The van der Waals surface area contributed by atoms with Gasteiger partial charge < -0.3 is 10.0 Å². The summed E-state index contributed by atoms with van der Waals surface area (Å²) in [5.41, 5.74) is 3.09. The summed E-state index contributed by atoms with van der Waals surface area (Å²) >= 11 is 0. The van der Waals surface area contributed by atoms with Crippen molar-refractivity contribution in [2.45, 2.75) is 31.4 Å². The number of hydrogen-bond donors (Lipinski definition) is 1. The number of aromatic hydroxyl groups is 1. The minimum atomic E-state index is -4.84. The molecule has 1 aliphatic heterocycles. The first kappa shape index (κ1) is 14.9. The summed E-state index contributed by atoms with van der Waals surface area (Å²) in [7, 11) is 0. The van der Waals surface area contributed by atoms with E-state index in [0.717, 1.165) is 22.4 Å². The number of likely N-dealkylation sites (tertiary alicyclic amines) is 1. The van der Waals surface area contributed by atoms with Crippen molar-refractivity contribution in [3.05, 3.63) is 35.4 Å². The van der Waals surface area contributed by atoms with Crippen molar-refractivity contribution in [1.29, 1.82) is 0 Å². The second-order valence-corrected chi connectivity index (χ2v) is 6.12. The van der Waals surface area contributed by atoms with Crippen molar-refractivity contribution >= 4 is 11.5 Å². The molecule has 1 aliphatic carbocycles. The van der Waals surface area contributed by atoms with Crippen LogP contribution in [0.25, 0.3) is 5.57 Å². The Hall–Kier alpha value is -1.98. The number of piperidine rings is 1. The molecule has 6 heteroatoms. The SMILES string of the molecule is C=C(C)c1cc2c(cc1O)C1CC2CN(C(=O)C(F)(F)F)C1. The second-order valence-electron chi connectivity index (χ2n) is 6.12. The number of rotatable bonds is 1. The summed E-state index contributed by atoms with van der Waals surface area (Å²) in [5, 5.41) is 10.0. The number of halogens is 3. The van der Waals surface area contributed by atoms with Crippen LogP contribution in [0, 0.1) is 0 Å². The van der Waals surface area contributed by atoms with Gasteiger partial charge in [0, 0.05) is 30.5 Å². The molecule has 0 spiro atoms. The molecule has 1 saturated heterocycles. The average molecular weight is 311 g/mol. The largest absolute Gasteiger partial charge is 0.507 e. The highest BCUT2D eigenvalue weighted by molar-refractivity contribution is 5.82. The fourth-order valence-corrected chi connectivity index (χ4v) is 3.56. The summed E-state index contributed by atoms with van der Waals surface area (Å²) in [4.78, 5) is 12.4. The molecule has 0 saturated carbocycles. The summed E-state index contributed by atoms with van der Waals surface area (Å²) < 4.78 is 37.9. The highest BCUT2D eigenvalue weighted by atomic mass is 19.4. The second kappa shape index (κ2) is 4.76. The molecule has 1 aromatic rings. The number of amides is 1. The lowest BCUT2D eigenvalue weighted by Gasteiger charge is -2.32. The average Bonchev–Trinajstić information content (AvgIpc) is 2.66. The number of allylic oxidation sites excluding steroid dienone is 1. The number of hydrogen-bond acceptors (Lipinski definition) is 2. The summed E-state index contributed by atoms with van der Waals surface area (Å²) in [6.07, 6.45) is -4.12. The first-order valence-electron chi connectivity index (χ1n) is 7.07. The summed E-state index contributed by atoms with van der Waals surface area (Å²) in [6, 6.07) is 3.42. The van der Waals surface area contributed by atoms with Gasteiger partial charge in [-0.3, -0.25) is 4.79 Å². The number of alkyl halides is 3. The van der Waals surface area contributed by atoms with Crippen LogP contribution in [0.5, 0.6) is 5.75 Å². The standard InChI is InChI=1S/C16H16F3NO2/c1-8(2)11-4-12-9-3-10(13(12)5-14(11)21)7-20(6-9)15(22)16(17,18)19/h4-5,9-10,21H,1,3,6-7H2,2H3. The van der Waals surface area contributed by atoms with Gasteiger partial charge in [-0.2, -0.15) is 13.2 Å². The van der Waals surface area contributed by atoms with Crippen LogP contribution < -0.4 is 0 Å². The number of carbonyl (C=O) groups is 1. The fourth-order valence-electron chi connectivity index (χ4n) is 3.56. The Morgan fingerprint density at radius 3 is 2.32 bits per heavy atom. The van der Waals surface area contributed by atoms with Crippen LogP contribution in [-0.4, -0.2) is 35.2 Å². The van der Waals surface area contributed by atoms with Crippen LogP contribution in [0.3, 0.4) is 0 Å². The van der Waals surface area contributed by atoms with Crippen LogP contribution in [0.2, 0.25) is 0 Å². The minimum absolute atomic E-state index is 0.0493. The van der Waals surface area contributed by atoms with E-state index in [9.17, 15) is 23.1 Å². The Morgan fingerprint density at radius 1 is 1.27 bits per heavy atom. The van der Waals surface area contributed by atoms with E-state index in [2.05, 4.69) is 6.58 Å². The molecule has 1 amide bonds. The molecular weight excluding hydrogens is 295 g/mol. The van der Waals surface area contributed by atoms with Crippen LogP contribution in [0.15, 0.2) is 18.7 Å². The molecule has 2 aliphatic rings. The van der Waals surface area contributed by atoms with Gasteiger partial charge in [0.05, 0.1) is 0 Å². The molecule has 118 valence electrons. The zero-order valence-corrected chi connectivity index (χ0v) is 12.1. The van der Waals surface area contributed by atoms with Crippen molar-refractivity contribution in [1.82, 2.24) is 4.90 Å². The molecular formula is C16H16F3NO2.